The topological polar surface area (TPSA) is 89.1 Å². The fraction of sp³-hybridized carbons (Fsp3) is 0.300. The fourth-order valence-electron chi connectivity index (χ4n) is 3.36. The minimum absolute atomic E-state index is 0.0909. The number of halogens is 1. The van der Waals surface area contributed by atoms with Gasteiger partial charge in [-0.15, -0.1) is 11.3 Å². The summed E-state index contributed by atoms with van der Waals surface area (Å²) in [7, 11) is -0.0310. The summed E-state index contributed by atoms with van der Waals surface area (Å²) in [5.41, 5.74) is 1.57. The number of hydrazone groups is 1. The lowest BCUT2D eigenvalue weighted by molar-refractivity contribution is 0.0702. The molecule has 3 heterocycles. The van der Waals surface area contributed by atoms with Crippen LogP contribution in [0, 0.1) is 0 Å². The minimum atomic E-state index is -3.68. The predicted octanol–water partition coefficient (Wildman–Crippen LogP) is 2.93. The quantitative estimate of drug-likeness (QED) is 0.450. The third-order valence-electron chi connectivity index (χ3n) is 4.97. The number of carbonyl (C=O) groups excluding carboxylic acids is 1. The van der Waals surface area contributed by atoms with Crippen molar-refractivity contribution >= 4 is 56.0 Å². The van der Waals surface area contributed by atoms with Gasteiger partial charge in [0, 0.05) is 67.1 Å². The van der Waals surface area contributed by atoms with Crippen molar-refractivity contribution in [3.05, 3.63) is 51.2 Å². The molecule has 0 bridgehead atoms. The second-order valence-electron chi connectivity index (χ2n) is 7.40. The van der Waals surface area contributed by atoms with Gasteiger partial charge in [0.25, 0.3) is 15.9 Å². The van der Waals surface area contributed by atoms with Crippen molar-refractivity contribution in [2.75, 3.05) is 40.3 Å². The Labute approximate surface area is 189 Å². The first kappa shape index (κ1) is 21.8. The maximum atomic E-state index is 13.1. The van der Waals surface area contributed by atoms with Gasteiger partial charge in [-0.2, -0.15) is 9.41 Å². The number of aromatic nitrogens is 1. The number of nitrogens with zero attached hydrogens (tertiary/aromatic N) is 4. The van der Waals surface area contributed by atoms with Crippen LogP contribution >= 0.6 is 22.9 Å². The molecule has 31 heavy (non-hydrogen) atoms. The maximum absolute atomic E-state index is 13.1. The van der Waals surface area contributed by atoms with Crippen molar-refractivity contribution in [2.45, 2.75) is 5.03 Å². The molecule has 0 unspecified atom stereocenters. The van der Waals surface area contributed by atoms with Crippen molar-refractivity contribution < 1.29 is 13.2 Å². The van der Waals surface area contributed by atoms with Gasteiger partial charge in [0.15, 0.2) is 0 Å². The number of nitrogens with one attached hydrogen (secondary N) is 1. The number of carbonyl (C=O) groups is 1. The SMILES string of the molecule is CN(C)N=Cc1csc(C(=O)N2CCN(S(=O)(=O)c3cc4cc(Cl)ccc4[nH]3)CC2)c1. The third-order valence-corrected chi connectivity index (χ3v) is 7.96. The van der Waals surface area contributed by atoms with Gasteiger partial charge in [-0.05, 0) is 30.3 Å². The van der Waals surface area contributed by atoms with Crippen molar-refractivity contribution in [3.8, 4) is 0 Å². The summed E-state index contributed by atoms with van der Waals surface area (Å²) in [4.78, 5) is 18.1. The average molecular weight is 480 g/mol. The first-order valence-corrected chi connectivity index (χ1v) is 12.3. The van der Waals surface area contributed by atoms with E-state index in [0.29, 0.717) is 28.5 Å². The third kappa shape index (κ3) is 4.62. The summed E-state index contributed by atoms with van der Waals surface area (Å²) in [6, 6.07) is 8.59. The molecule has 1 fully saturated rings. The normalized spacial score (nSPS) is 15.8. The number of H-pyrrole nitrogens is 1. The van der Waals surface area contributed by atoms with Gasteiger partial charge >= 0.3 is 0 Å². The Kier molecular flexibility index (Phi) is 6.07. The number of fused-ring (bicyclic) bond motifs is 1. The zero-order valence-corrected chi connectivity index (χ0v) is 19.5. The van der Waals surface area contributed by atoms with E-state index in [1.54, 1.807) is 46.5 Å². The number of sulfonamides is 1. The number of piperazine rings is 1. The molecular formula is C20H22ClN5O3S2. The summed E-state index contributed by atoms with van der Waals surface area (Å²) >= 11 is 7.36. The number of hydrogen-bond acceptors (Lipinski definition) is 6. The van der Waals surface area contributed by atoms with Gasteiger partial charge in [0.05, 0.1) is 11.1 Å². The molecule has 0 atom stereocenters. The van der Waals surface area contributed by atoms with Crippen LogP contribution in [0.25, 0.3) is 10.9 Å². The molecule has 164 valence electrons. The standard InChI is InChI=1S/C20H22ClN5O3S2/c1-24(2)22-12-14-9-18(30-13-14)20(27)25-5-7-26(8-6-25)31(28,29)19-11-15-10-16(21)3-4-17(15)23-19/h3-4,9-13,23H,5-8H2,1-2H3. The smallest absolute Gasteiger partial charge is 0.264 e. The van der Waals surface area contributed by atoms with E-state index >= 15 is 0 Å². The lowest BCUT2D eigenvalue weighted by Crippen LogP contribution is -2.50. The molecule has 1 N–H and O–H groups in total. The van der Waals surface area contributed by atoms with E-state index < -0.39 is 10.0 Å². The molecular weight excluding hydrogens is 458 g/mol. The number of hydrogen-bond donors (Lipinski definition) is 1. The summed E-state index contributed by atoms with van der Waals surface area (Å²) in [6.45, 7) is 1.15. The number of amides is 1. The van der Waals surface area contributed by atoms with Gasteiger partial charge in [0.2, 0.25) is 0 Å². The second kappa shape index (κ2) is 8.62. The van der Waals surface area contributed by atoms with E-state index in [1.807, 2.05) is 19.5 Å². The van der Waals surface area contributed by atoms with E-state index in [2.05, 4.69) is 10.1 Å². The van der Waals surface area contributed by atoms with Crippen LogP contribution in [0.15, 0.2) is 45.8 Å². The molecule has 4 rings (SSSR count). The van der Waals surface area contributed by atoms with Crippen LogP contribution in [0.4, 0.5) is 0 Å². The number of aromatic amines is 1. The lowest BCUT2D eigenvalue weighted by atomic mass is 10.2. The highest BCUT2D eigenvalue weighted by molar-refractivity contribution is 7.89. The molecule has 1 aliphatic rings. The van der Waals surface area contributed by atoms with E-state index in [-0.39, 0.29) is 24.0 Å². The first-order valence-electron chi connectivity index (χ1n) is 9.61. The summed E-state index contributed by atoms with van der Waals surface area (Å²) < 4.78 is 27.5. The van der Waals surface area contributed by atoms with Gasteiger partial charge in [-0.1, -0.05) is 11.6 Å². The summed E-state index contributed by atoms with van der Waals surface area (Å²) in [5.74, 6) is -0.0909. The van der Waals surface area contributed by atoms with E-state index in [1.165, 1.54) is 15.6 Å². The van der Waals surface area contributed by atoms with Crippen LogP contribution in [0.5, 0.6) is 0 Å². The van der Waals surface area contributed by atoms with Crippen molar-refractivity contribution in [1.29, 1.82) is 0 Å². The molecule has 1 amide bonds. The summed E-state index contributed by atoms with van der Waals surface area (Å²) in [6.07, 6.45) is 1.70. The second-order valence-corrected chi connectivity index (χ2v) is 10.7. The molecule has 11 heteroatoms. The van der Waals surface area contributed by atoms with Crippen LogP contribution < -0.4 is 0 Å². The molecule has 0 saturated carbocycles. The van der Waals surface area contributed by atoms with Gasteiger partial charge in [-0.3, -0.25) is 4.79 Å². The van der Waals surface area contributed by atoms with E-state index in [9.17, 15) is 13.2 Å². The molecule has 2 aromatic heterocycles. The molecule has 0 aliphatic carbocycles. The highest BCUT2D eigenvalue weighted by atomic mass is 35.5. The van der Waals surface area contributed by atoms with E-state index in [0.717, 1.165) is 10.9 Å². The molecule has 3 aromatic rings. The van der Waals surface area contributed by atoms with Crippen LogP contribution in [-0.2, 0) is 10.0 Å². The Morgan fingerprint density at radius 1 is 1.19 bits per heavy atom. The highest BCUT2D eigenvalue weighted by Crippen LogP contribution is 2.25. The molecule has 0 radical (unpaired) electrons. The Balaban J connectivity index is 1.43. The van der Waals surface area contributed by atoms with Gasteiger partial charge < -0.3 is 14.9 Å². The van der Waals surface area contributed by atoms with Crippen LogP contribution in [0.3, 0.4) is 0 Å². The Bertz CT molecular complexity index is 1240. The molecule has 1 aliphatic heterocycles. The number of thiophene rings is 1. The monoisotopic (exact) mass is 479 g/mol. The van der Waals surface area contributed by atoms with Crippen molar-refractivity contribution in [1.82, 2.24) is 19.2 Å². The minimum Gasteiger partial charge on any atom is -0.345 e. The lowest BCUT2D eigenvalue weighted by Gasteiger charge is -2.33. The van der Waals surface area contributed by atoms with Gasteiger partial charge in [-0.25, -0.2) is 8.42 Å². The molecule has 1 aromatic carbocycles. The highest BCUT2D eigenvalue weighted by Gasteiger charge is 2.31. The van der Waals surface area contributed by atoms with Crippen molar-refractivity contribution in [2.24, 2.45) is 5.10 Å². The van der Waals surface area contributed by atoms with Crippen LogP contribution in [0.2, 0.25) is 5.02 Å². The van der Waals surface area contributed by atoms with Gasteiger partial charge in [0.1, 0.15) is 5.03 Å². The first-order chi connectivity index (χ1) is 14.7. The predicted molar refractivity (Wildman–Crippen MR) is 124 cm³/mol. The van der Waals surface area contributed by atoms with Crippen LogP contribution in [0.1, 0.15) is 15.2 Å². The summed E-state index contributed by atoms with van der Waals surface area (Å²) in [5, 5.41) is 9.15. The van der Waals surface area contributed by atoms with Crippen molar-refractivity contribution in [3.63, 3.8) is 0 Å². The van der Waals surface area contributed by atoms with Crippen LogP contribution in [-0.4, -0.2) is 80.0 Å². The average Bonchev–Trinajstić information content (AvgIpc) is 3.39. The molecule has 8 nitrogen and oxygen atoms in total. The zero-order valence-electron chi connectivity index (χ0n) is 17.1. The Hall–Kier alpha value is -2.40. The molecule has 1 saturated heterocycles. The molecule has 0 spiro atoms. The largest absolute Gasteiger partial charge is 0.345 e. The maximum Gasteiger partial charge on any atom is 0.264 e. The fourth-order valence-corrected chi connectivity index (χ4v) is 5.80. The zero-order chi connectivity index (χ0) is 22.2. The Morgan fingerprint density at radius 2 is 1.94 bits per heavy atom. The Morgan fingerprint density at radius 3 is 2.65 bits per heavy atom. The number of rotatable bonds is 5. The van der Waals surface area contributed by atoms with E-state index in [4.69, 9.17) is 11.6 Å². The number of benzene rings is 1.